The molecule has 1 N–H and O–H groups in total. The summed E-state index contributed by atoms with van der Waals surface area (Å²) < 4.78 is 5.68. The Morgan fingerprint density at radius 3 is 3.06 bits per heavy atom. The quantitative estimate of drug-likeness (QED) is 0.510. The van der Waals surface area contributed by atoms with E-state index in [1.807, 2.05) is 17.4 Å². The van der Waals surface area contributed by atoms with E-state index in [9.17, 15) is 0 Å². The number of nitrogens with one attached hydrogen (secondary N) is 1. The zero-order chi connectivity index (χ0) is 13.2. The fraction of sp³-hybridized carbons (Fsp3) is 0.600. The van der Waals surface area contributed by atoms with Gasteiger partial charge in [0.1, 0.15) is 0 Å². The first kappa shape index (κ1) is 15.4. The minimum atomic E-state index is 0.743. The standard InChI is InChI=1S/C15H25NOS/c1-4-6-7-9-17-12-14-10-15(18-13(14)3)11-16-8-5-2/h4,10,16H,1,5-9,11-12H2,2-3H3. The van der Waals surface area contributed by atoms with Crippen LogP contribution in [0.25, 0.3) is 0 Å². The molecule has 1 aromatic heterocycles. The maximum Gasteiger partial charge on any atom is 0.0727 e. The van der Waals surface area contributed by atoms with Crippen LogP contribution in [0.3, 0.4) is 0 Å². The summed E-state index contributed by atoms with van der Waals surface area (Å²) in [5.41, 5.74) is 1.34. The summed E-state index contributed by atoms with van der Waals surface area (Å²) in [5, 5.41) is 3.43. The maximum atomic E-state index is 5.68. The van der Waals surface area contributed by atoms with Crippen LogP contribution in [0.1, 0.15) is 41.5 Å². The molecule has 0 spiro atoms. The number of ether oxygens (including phenoxy) is 1. The molecule has 3 heteroatoms. The minimum absolute atomic E-state index is 0.743. The summed E-state index contributed by atoms with van der Waals surface area (Å²) in [7, 11) is 0. The molecular weight excluding hydrogens is 242 g/mol. The maximum absolute atomic E-state index is 5.68. The highest BCUT2D eigenvalue weighted by Gasteiger charge is 2.05. The first-order valence-electron chi connectivity index (χ1n) is 6.75. The van der Waals surface area contributed by atoms with E-state index < -0.39 is 0 Å². The Labute approximate surface area is 115 Å². The number of aryl methyl sites for hydroxylation is 1. The van der Waals surface area contributed by atoms with Gasteiger partial charge >= 0.3 is 0 Å². The highest BCUT2D eigenvalue weighted by molar-refractivity contribution is 7.12. The molecule has 102 valence electrons. The molecule has 0 saturated heterocycles. The zero-order valence-electron chi connectivity index (χ0n) is 11.6. The third kappa shape index (κ3) is 5.80. The van der Waals surface area contributed by atoms with Crippen molar-refractivity contribution in [3.8, 4) is 0 Å². The van der Waals surface area contributed by atoms with Crippen LogP contribution in [0.5, 0.6) is 0 Å². The van der Waals surface area contributed by atoms with Crippen molar-refractivity contribution in [3.63, 3.8) is 0 Å². The third-order valence-corrected chi connectivity index (χ3v) is 3.84. The molecule has 0 aliphatic rings. The Bertz CT molecular complexity index is 346. The molecule has 2 nitrogen and oxygen atoms in total. The number of hydrogen-bond donors (Lipinski definition) is 1. The van der Waals surface area contributed by atoms with Gasteiger partial charge in [-0.15, -0.1) is 17.9 Å². The van der Waals surface area contributed by atoms with E-state index in [0.29, 0.717) is 0 Å². The Morgan fingerprint density at radius 2 is 2.33 bits per heavy atom. The number of unbranched alkanes of at least 4 members (excludes halogenated alkanes) is 1. The number of rotatable bonds is 10. The monoisotopic (exact) mass is 267 g/mol. The topological polar surface area (TPSA) is 21.3 Å². The molecule has 0 unspecified atom stereocenters. The molecule has 0 aromatic carbocycles. The van der Waals surface area contributed by atoms with Crippen LogP contribution in [0.2, 0.25) is 0 Å². The predicted octanol–water partition coefficient (Wildman–Crippen LogP) is 4.04. The van der Waals surface area contributed by atoms with Crippen molar-refractivity contribution in [1.29, 1.82) is 0 Å². The lowest BCUT2D eigenvalue weighted by Gasteiger charge is -2.02. The molecule has 0 radical (unpaired) electrons. The average Bonchev–Trinajstić information content (AvgIpc) is 2.70. The van der Waals surface area contributed by atoms with Gasteiger partial charge in [0.05, 0.1) is 6.61 Å². The van der Waals surface area contributed by atoms with Gasteiger partial charge in [-0.1, -0.05) is 13.0 Å². The third-order valence-electron chi connectivity index (χ3n) is 2.75. The number of thiophene rings is 1. The van der Waals surface area contributed by atoms with Gasteiger partial charge in [-0.2, -0.15) is 0 Å². The van der Waals surface area contributed by atoms with Crippen molar-refractivity contribution in [2.24, 2.45) is 0 Å². The Hall–Kier alpha value is -0.640. The lowest BCUT2D eigenvalue weighted by Crippen LogP contribution is -2.12. The molecule has 0 atom stereocenters. The molecule has 0 aliphatic heterocycles. The number of hydrogen-bond acceptors (Lipinski definition) is 3. The van der Waals surface area contributed by atoms with Crippen molar-refractivity contribution in [3.05, 3.63) is 34.0 Å². The summed E-state index contributed by atoms with van der Waals surface area (Å²) >= 11 is 1.87. The van der Waals surface area contributed by atoms with Gasteiger partial charge in [0, 0.05) is 22.9 Å². The first-order chi connectivity index (χ1) is 8.77. The van der Waals surface area contributed by atoms with E-state index >= 15 is 0 Å². The largest absolute Gasteiger partial charge is 0.377 e. The summed E-state index contributed by atoms with van der Waals surface area (Å²) in [5.74, 6) is 0. The minimum Gasteiger partial charge on any atom is -0.377 e. The molecule has 1 heterocycles. The molecule has 1 aromatic rings. The van der Waals surface area contributed by atoms with Crippen molar-refractivity contribution in [2.45, 2.75) is 46.3 Å². The first-order valence-corrected chi connectivity index (χ1v) is 7.57. The predicted molar refractivity (Wildman–Crippen MR) is 80.1 cm³/mol. The highest BCUT2D eigenvalue weighted by Crippen LogP contribution is 2.22. The van der Waals surface area contributed by atoms with Crippen molar-refractivity contribution in [1.82, 2.24) is 5.32 Å². The van der Waals surface area contributed by atoms with Gasteiger partial charge in [-0.05, 0) is 44.4 Å². The lowest BCUT2D eigenvalue weighted by atomic mass is 10.2. The Balaban J connectivity index is 2.29. The van der Waals surface area contributed by atoms with Crippen LogP contribution in [0, 0.1) is 6.92 Å². The van der Waals surface area contributed by atoms with Crippen LogP contribution in [-0.4, -0.2) is 13.2 Å². The van der Waals surface area contributed by atoms with Crippen molar-refractivity contribution >= 4 is 11.3 Å². The molecular formula is C15H25NOS. The van der Waals surface area contributed by atoms with Crippen molar-refractivity contribution < 1.29 is 4.74 Å². The molecule has 0 aliphatic carbocycles. The second-order valence-electron chi connectivity index (χ2n) is 4.45. The number of allylic oxidation sites excluding steroid dienone is 1. The van der Waals surface area contributed by atoms with Crippen LogP contribution in [0.4, 0.5) is 0 Å². The van der Waals surface area contributed by atoms with Gasteiger partial charge < -0.3 is 10.1 Å². The molecule has 0 amide bonds. The molecule has 18 heavy (non-hydrogen) atoms. The van der Waals surface area contributed by atoms with Crippen molar-refractivity contribution in [2.75, 3.05) is 13.2 Å². The summed E-state index contributed by atoms with van der Waals surface area (Å²) in [4.78, 5) is 2.79. The average molecular weight is 267 g/mol. The fourth-order valence-corrected chi connectivity index (χ4v) is 2.74. The second-order valence-corrected chi connectivity index (χ2v) is 5.80. The van der Waals surface area contributed by atoms with Gasteiger partial charge in [0.2, 0.25) is 0 Å². The fourth-order valence-electron chi connectivity index (χ4n) is 1.72. The van der Waals surface area contributed by atoms with Gasteiger partial charge in [0.25, 0.3) is 0 Å². The van der Waals surface area contributed by atoms with Crippen LogP contribution < -0.4 is 5.32 Å². The van der Waals surface area contributed by atoms with Gasteiger partial charge in [0.15, 0.2) is 0 Å². The highest BCUT2D eigenvalue weighted by atomic mass is 32.1. The lowest BCUT2D eigenvalue weighted by molar-refractivity contribution is 0.119. The van der Waals surface area contributed by atoms with Gasteiger partial charge in [-0.25, -0.2) is 0 Å². The summed E-state index contributed by atoms with van der Waals surface area (Å²) in [6, 6.07) is 2.27. The Morgan fingerprint density at radius 1 is 1.50 bits per heavy atom. The van der Waals surface area contributed by atoms with E-state index in [0.717, 1.165) is 39.1 Å². The zero-order valence-corrected chi connectivity index (χ0v) is 12.4. The van der Waals surface area contributed by atoms with E-state index in [2.05, 4.69) is 31.8 Å². The second kappa shape index (κ2) is 9.31. The Kier molecular flexibility index (Phi) is 7.98. The SMILES string of the molecule is C=CCCCOCc1cc(CNCCC)sc1C. The molecule has 0 saturated carbocycles. The molecule has 1 rings (SSSR count). The smallest absolute Gasteiger partial charge is 0.0727 e. The van der Waals surface area contributed by atoms with E-state index in [1.165, 1.54) is 21.7 Å². The summed E-state index contributed by atoms with van der Waals surface area (Å²) in [6.45, 7) is 11.7. The molecule has 0 bridgehead atoms. The molecule has 0 fully saturated rings. The summed E-state index contributed by atoms with van der Waals surface area (Å²) in [6.07, 6.45) is 5.23. The van der Waals surface area contributed by atoms with Crippen LogP contribution in [-0.2, 0) is 17.9 Å². The normalized spacial score (nSPS) is 10.8. The van der Waals surface area contributed by atoms with Crippen LogP contribution >= 0.6 is 11.3 Å². The van der Waals surface area contributed by atoms with Gasteiger partial charge in [-0.3, -0.25) is 0 Å². The van der Waals surface area contributed by atoms with Crippen LogP contribution in [0.15, 0.2) is 18.7 Å². The van der Waals surface area contributed by atoms with E-state index in [4.69, 9.17) is 4.74 Å². The van der Waals surface area contributed by atoms with E-state index in [-0.39, 0.29) is 0 Å². The van der Waals surface area contributed by atoms with E-state index in [1.54, 1.807) is 0 Å².